The van der Waals surface area contributed by atoms with Gasteiger partial charge in [-0.05, 0) is 49.9 Å². The Morgan fingerprint density at radius 3 is 2.45 bits per heavy atom. The summed E-state index contributed by atoms with van der Waals surface area (Å²) >= 11 is 0. The Morgan fingerprint density at radius 1 is 1.15 bits per heavy atom. The van der Waals surface area contributed by atoms with Crippen molar-refractivity contribution in [3.05, 3.63) is 29.8 Å². The quantitative estimate of drug-likeness (QED) is 0.806. The van der Waals surface area contributed by atoms with Crippen LogP contribution in [0.2, 0.25) is 0 Å². The average molecular weight is 275 g/mol. The van der Waals surface area contributed by atoms with Gasteiger partial charge < -0.3 is 10.1 Å². The Labute approximate surface area is 123 Å². The van der Waals surface area contributed by atoms with Crippen molar-refractivity contribution >= 4 is 0 Å². The van der Waals surface area contributed by atoms with Crippen molar-refractivity contribution in [2.45, 2.75) is 57.4 Å². The predicted octanol–water partition coefficient (Wildman–Crippen LogP) is 4.19. The van der Waals surface area contributed by atoms with E-state index in [2.05, 4.69) is 36.6 Å². The summed E-state index contributed by atoms with van der Waals surface area (Å²) in [5.41, 5.74) is 1.40. The van der Waals surface area contributed by atoms with Crippen LogP contribution < -0.4 is 10.1 Å². The van der Waals surface area contributed by atoms with E-state index < -0.39 is 0 Å². The molecule has 1 fully saturated rings. The van der Waals surface area contributed by atoms with Crippen LogP contribution in [0.15, 0.2) is 24.3 Å². The van der Waals surface area contributed by atoms with Gasteiger partial charge in [0.15, 0.2) is 0 Å². The fraction of sp³-hybridized carbons (Fsp3) is 0.667. The Morgan fingerprint density at radius 2 is 1.85 bits per heavy atom. The van der Waals surface area contributed by atoms with Crippen molar-refractivity contribution in [3.63, 3.8) is 0 Å². The molecule has 0 aliphatic heterocycles. The maximum atomic E-state index is 5.21. The van der Waals surface area contributed by atoms with E-state index in [1.54, 1.807) is 7.11 Å². The molecule has 1 aromatic carbocycles. The van der Waals surface area contributed by atoms with Crippen molar-refractivity contribution in [1.29, 1.82) is 0 Å². The van der Waals surface area contributed by atoms with Crippen molar-refractivity contribution in [2.75, 3.05) is 14.2 Å². The molecule has 2 rings (SSSR count). The van der Waals surface area contributed by atoms with E-state index in [1.165, 1.54) is 50.5 Å². The zero-order valence-corrected chi connectivity index (χ0v) is 13.0. The lowest BCUT2D eigenvalue weighted by Gasteiger charge is -2.24. The summed E-state index contributed by atoms with van der Waals surface area (Å²) in [5.74, 6) is 1.92. The molecule has 0 saturated heterocycles. The van der Waals surface area contributed by atoms with Crippen LogP contribution in [0.1, 0.15) is 50.5 Å². The molecule has 1 unspecified atom stereocenters. The van der Waals surface area contributed by atoms with E-state index in [0.717, 1.165) is 18.1 Å². The molecule has 112 valence electrons. The van der Waals surface area contributed by atoms with Crippen LogP contribution in [0.5, 0.6) is 5.75 Å². The van der Waals surface area contributed by atoms with Crippen LogP contribution in [0.4, 0.5) is 0 Å². The molecule has 2 heteroatoms. The van der Waals surface area contributed by atoms with Gasteiger partial charge in [0.05, 0.1) is 7.11 Å². The lowest BCUT2D eigenvalue weighted by Crippen LogP contribution is -2.28. The number of nitrogens with one attached hydrogen (secondary N) is 1. The Kier molecular flexibility index (Phi) is 6.38. The van der Waals surface area contributed by atoms with Crippen molar-refractivity contribution in [3.8, 4) is 5.75 Å². The standard InChI is InChI=1S/C18H29NO/c1-19-17(11-8-15-6-4-3-5-7-15)14-16-9-12-18(20-2)13-10-16/h9-10,12-13,15,17,19H,3-8,11,14H2,1-2H3. The lowest BCUT2D eigenvalue weighted by molar-refractivity contribution is 0.315. The second-order valence-corrected chi connectivity index (χ2v) is 6.12. The maximum absolute atomic E-state index is 5.21. The third kappa shape index (κ3) is 4.82. The summed E-state index contributed by atoms with van der Waals surface area (Å²) < 4.78 is 5.21. The van der Waals surface area contributed by atoms with Gasteiger partial charge in [0.2, 0.25) is 0 Å². The van der Waals surface area contributed by atoms with Crippen LogP contribution in [-0.2, 0) is 6.42 Å². The lowest BCUT2D eigenvalue weighted by atomic mass is 9.84. The highest BCUT2D eigenvalue weighted by atomic mass is 16.5. The first-order valence-electron chi connectivity index (χ1n) is 8.12. The molecule has 0 amide bonds. The molecule has 1 aliphatic carbocycles. The smallest absolute Gasteiger partial charge is 0.118 e. The fourth-order valence-corrected chi connectivity index (χ4v) is 3.31. The van der Waals surface area contributed by atoms with Gasteiger partial charge in [-0.15, -0.1) is 0 Å². The van der Waals surface area contributed by atoms with Crippen molar-refractivity contribution < 1.29 is 4.74 Å². The van der Waals surface area contributed by atoms with Crippen LogP contribution in [-0.4, -0.2) is 20.2 Å². The van der Waals surface area contributed by atoms with Gasteiger partial charge in [0.25, 0.3) is 0 Å². The Balaban J connectivity index is 1.78. The molecule has 0 radical (unpaired) electrons. The summed E-state index contributed by atoms with van der Waals surface area (Å²) in [6.45, 7) is 0. The first-order valence-corrected chi connectivity index (χ1v) is 8.12. The fourth-order valence-electron chi connectivity index (χ4n) is 3.31. The zero-order valence-electron chi connectivity index (χ0n) is 13.0. The SMILES string of the molecule is CNC(CCC1CCCCC1)Cc1ccc(OC)cc1. The molecule has 0 heterocycles. The van der Waals surface area contributed by atoms with Crippen LogP contribution in [0.25, 0.3) is 0 Å². The van der Waals surface area contributed by atoms with E-state index in [0.29, 0.717) is 6.04 Å². The van der Waals surface area contributed by atoms with Gasteiger partial charge in [-0.25, -0.2) is 0 Å². The second-order valence-electron chi connectivity index (χ2n) is 6.12. The van der Waals surface area contributed by atoms with Gasteiger partial charge in [-0.1, -0.05) is 44.2 Å². The minimum atomic E-state index is 0.602. The summed E-state index contributed by atoms with van der Waals surface area (Å²) in [5, 5.41) is 3.49. The molecule has 1 aromatic rings. The Hall–Kier alpha value is -1.02. The number of methoxy groups -OCH3 is 1. The van der Waals surface area contributed by atoms with E-state index in [1.807, 2.05) is 0 Å². The van der Waals surface area contributed by atoms with Crippen LogP contribution >= 0.6 is 0 Å². The van der Waals surface area contributed by atoms with Crippen LogP contribution in [0.3, 0.4) is 0 Å². The summed E-state index contributed by atoms with van der Waals surface area (Å²) in [6, 6.07) is 9.09. The van der Waals surface area contributed by atoms with Crippen molar-refractivity contribution in [1.82, 2.24) is 5.32 Å². The average Bonchev–Trinajstić information content (AvgIpc) is 2.53. The minimum Gasteiger partial charge on any atom is -0.497 e. The number of hydrogen-bond donors (Lipinski definition) is 1. The van der Waals surface area contributed by atoms with E-state index in [9.17, 15) is 0 Å². The Bertz CT molecular complexity index is 368. The largest absolute Gasteiger partial charge is 0.497 e. The molecule has 1 saturated carbocycles. The number of ether oxygens (including phenoxy) is 1. The molecule has 1 atom stereocenters. The molecule has 20 heavy (non-hydrogen) atoms. The summed E-state index contributed by atoms with van der Waals surface area (Å²) in [6.07, 6.45) is 11.1. The third-order valence-electron chi connectivity index (χ3n) is 4.70. The predicted molar refractivity (Wildman–Crippen MR) is 85.4 cm³/mol. The number of rotatable bonds is 7. The highest BCUT2D eigenvalue weighted by Gasteiger charge is 2.15. The van der Waals surface area contributed by atoms with E-state index >= 15 is 0 Å². The number of hydrogen-bond acceptors (Lipinski definition) is 2. The second kappa shape index (κ2) is 8.31. The van der Waals surface area contributed by atoms with Gasteiger partial charge in [0, 0.05) is 6.04 Å². The number of likely N-dealkylation sites (N-methyl/N-ethyl adjacent to an activating group) is 1. The normalized spacial score (nSPS) is 17.9. The summed E-state index contributed by atoms with van der Waals surface area (Å²) in [7, 11) is 3.81. The highest BCUT2D eigenvalue weighted by Crippen LogP contribution is 2.28. The molecule has 1 N–H and O–H groups in total. The van der Waals surface area contributed by atoms with Gasteiger partial charge >= 0.3 is 0 Å². The molecule has 2 nitrogen and oxygen atoms in total. The topological polar surface area (TPSA) is 21.3 Å². The molecule has 0 bridgehead atoms. The van der Waals surface area contributed by atoms with E-state index in [-0.39, 0.29) is 0 Å². The molecular weight excluding hydrogens is 246 g/mol. The highest BCUT2D eigenvalue weighted by molar-refractivity contribution is 5.27. The van der Waals surface area contributed by atoms with Crippen LogP contribution in [0, 0.1) is 5.92 Å². The third-order valence-corrected chi connectivity index (χ3v) is 4.70. The molecule has 0 aromatic heterocycles. The zero-order chi connectivity index (χ0) is 14.2. The first-order chi connectivity index (χ1) is 9.81. The molecule has 0 spiro atoms. The molecular formula is C18H29NO. The minimum absolute atomic E-state index is 0.602. The van der Waals surface area contributed by atoms with Gasteiger partial charge in [-0.3, -0.25) is 0 Å². The summed E-state index contributed by atoms with van der Waals surface area (Å²) in [4.78, 5) is 0. The van der Waals surface area contributed by atoms with E-state index in [4.69, 9.17) is 4.74 Å². The van der Waals surface area contributed by atoms with Crippen molar-refractivity contribution in [2.24, 2.45) is 5.92 Å². The molecule has 1 aliphatic rings. The monoisotopic (exact) mass is 275 g/mol. The first kappa shape index (κ1) is 15.4. The number of benzene rings is 1. The van der Waals surface area contributed by atoms with Gasteiger partial charge in [0.1, 0.15) is 5.75 Å². The maximum Gasteiger partial charge on any atom is 0.118 e. The van der Waals surface area contributed by atoms with Gasteiger partial charge in [-0.2, -0.15) is 0 Å².